The van der Waals surface area contributed by atoms with Crippen LogP contribution in [0.15, 0.2) is 122 Å². The Bertz CT molecular complexity index is 1630. The van der Waals surface area contributed by atoms with Gasteiger partial charge in [0, 0.05) is 67.6 Å². The summed E-state index contributed by atoms with van der Waals surface area (Å²) in [4.78, 5) is 31.5. The average Bonchev–Trinajstić information content (AvgIpc) is 3.17. The highest BCUT2D eigenvalue weighted by molar-refractivity contribution is 8.13. The zero-order chi connectivity index (χ0) is 34.0. The number of likely N-dealkylation sites (N-methyl/N-ethyl adjacent to an activating group) is 1. The molecule has 0 saturated heterocycles. The van der Waals surface area contributed by atoms with Crippen LogP contribution >= 0.6 is 34.1 Å². The molecule has 0 fully saturated rings. The molecule has 0 bridgehead atoms. The van der Waals surface area contributed by atoms with Crippen LogP contribution in [0.5, 0.6) is 0 Å². The molecule has 5 aliphatic rings. The second-order valence-corrected chi connectivity index (χ2v) is 15.9. The van der Waals surface area contributed by atoms with E-state index in [4.69, 9.17) is 15.9 Å². The van der Waals surface area contributed by atoms with Crippen LogP contribution in [-0.2, 0) is 13.9 Å². The van der Waals surface area contributed by atoms with Gasteiger partial charge in [-0.2, -0.15) is 11.8 Å². The summed E-state index contributed by atoms with van der Waals surface area (Å²) in [6.45, 7) is 7.90. The predicted octanol–water partition coefficient (Wildman–Crippen LogP) is 9.52. The summed E-state index contributed by atoms with van der Waals surface area (Å²) in [6.07, 6.45) is 33.8. The first-order chi connectivity index (χ1) is 23.2. The fraction of sp³-hybridized carbons (Fsp3) is 0.400. The minimum atomic E-state index is -0.774. The molecule has 48 heavy (non-hydrogen) atoms. The molecule has 0 N–H and O–H groups in total. The lowest BCUT2D eigenvalue weighted by Crippen LogP contribution is -2.42. The summed E-state index contributed by atoms with van der Waals surface area (Å²) >= 11 is 7.92. The highest BCUT2D eigenvalue weighted by Crippen LogP contribution is 2.34. The fourth-order valence-electron chi connectivity index (χ4n) is 6.53. The summed E-state index contributed by atoms with van der Waals surface area (Å²) in [6, 6.07) is 0.110. The minimum Gasteiger partial charge on any atom is -0.327 e. The molecular formula is C40H47ClN2O3S2. The summed E-state index contributed by atoms with van der Waals surface area (Å²) < 4.78 is 5.95. The molecule has 0 amide bonds. The molecule has 4 aliphatic carbocycles. The molecule has 0 radical (unpaired) electrons. The smallest absolute Gasteiger partial charge is 0.210 e. The van der Waals surface area contributed by atoms with Crippen LogP contribution in [0.3, 0.4) is 0 Å². The van der Waals surface area contributed by atoms with Crippen LogP contribution in [-0.4, -0.2) is 58.2 Å². The number of fused-ring (bicyclic) bond motifs is 1. The molecular weight excluding hydrogens is 656 g/mol. The van der Waals surface area contributed by atoms with Crippen LogP contribution in [0.4, 0.5) is 0 Å². The number of Topliss-reactive ketones (excluding diaryl/α,β-unsaturated/α-hetero) is 2. The Hall–Kier alpha value is -2.97. The van der Waals surface area contributed by atoms with Crippen LogP contribution in [0.25, 0.3) is 0 Å². The zero-order valence-electron chi connectivity index (χ0n) is 28.3. The third kappa shape index (κ3) is 9.38. The summed E-state index contributed by atoms with van der Waals surface area (Å²) in [5, 5.41) is 5.57. The van der Waals surface area contributed by atoms with E-state index in [9.17, 15) is 9.59 Å². The number of allylic oxidation sites excluding steroid dienone is 16. The van der Waals surface area contributed by atoms with Crippen molar-refractivity contribution in [3.05, 3.63) is 117 Å². The monoisotopic (exact) mass is 702 g/mol. The molecule has 5 atom stereocenters. The van der Waals surface area contributed by atoms with Crippen molar-refractivity contribution in [2.45, 2.75) is 70.6 Å². The third-order valence-corrected chi connectivity index (χ3v) is 12.1. The molecule has 0 aromatic rings. The second-order valence-electron chi connectivity index (χ2n) is 12.7. The van der Waals surface area contributed by atoms with Gasteiger partial charge in [-0.1, -0.05) is 115 Å². The summed E-state index contributed by atoms with van der Waals surface area (Å²) in [5.74, 6) is 4.88. The standard InChI is InChI=1S/C40H47ClN2O3S2/c1-5-43-24-11-13-30(26-29(3)36-27-31(17-22-38(36)43)39(44)35-16-10-9-12-28(35)2)40(45)37(23-25-47-33-20-18-32(41)19-21-33)42-46-48(4)34-14-7-6-8-15-34/h6-7,10-11,13-14,16-20,22,26-27,29,33,36,38H,4-5,8-9,12,15,21,23-25H2,1-3H3/b13-11?,30-26+,42-37+. The number of halogens is 1. The van der Waals surface area contributed by atoms with Crippen LogP contribution in [0.1, 0.15) is 59.3 Å². The maximum atomic E-state index is 14.3. The predicted molar refractivity (Wildman–Crippen MR) is 207 cm³/mol. The maximum absolute atomic E-state index is 14.3. The first-order valence-corrected chi connectivity index (χ1v) is 19.8. The average molecular weight is 703 g/mol. The van der Waals surface area contributed by atoms with Crippen molar-refractivity contribution in [1.29, 1.82) is 0 Å². The summed E-state index contributed by atoms with van der Waals surface area (Å²) in [5.41, 5.74) is 3.67. The van der Waals surface area contributed by atoms with Gasteiger partial charge < -0.3 is 4.28 Å². The molecule has 5 unspecified atom stereocenters. The van der Waals surface area contributed by atoms with Crippen molar-refractivity contribution in [1.82, 2.24) is 4.90 Å². The largest absolute Gasteiger partial charge is 0.327 e. The number of carbonyl (C=O) groups is 2. The van der Waals surface area contributed by atoms with Crippen molar-refractivity contribution < 1.29 is 13.9 Å². The number of ketones is 2. The van der Waals surface area contributed by atoms with Crippen molar-refractivity contribution in [2.24, 2.45) is 17.0 Å². The van der Waals surface area contributed by atoms with Gasteiger partial charge in [0.2, 0.25) is 5.78 Å². The molecule has 0 saturated carbocycles. The van der Waals surface area contributed by atoms with E-state index >= 15 is 0 Å². The number of rotatable bonds is 12. The van der Waals surface area contributed by atoms with Crippen molar-refractivity contribution >= 4 is 57.3 Å². The normalized spacial score (nSPS) is 27.9. The van der Waals surface area contributed by atoms with E-state index in [-0.39, 0.29) is 29.4 Å². The number of nitrogens with zero attached hydrogens (tertiary/aromatic N) is 2. The van der Waals surface area contributed by atoms with E-state index in [2.05, 4.69) is 79.2 Å². The lowest BCUT2D eigenvalue weighted by atomic mass is 9.78. The van der Waals surface area contributed by atoms with E-state index < -0.39 is 10.8 Å². The number of hydrogen-bond acceptors (Lipinski definition) is 6. The first kappa shape index (κ1) is 36.3. The lowest BCUT2D eigenvalue weighted by molar-refractivity contribution is -0.112. The van der Waals surface area contributed by atoms with Crippen LogP contribution in [0.2, 0.25) is 0 Å². The molecule has 1 heterocycles. The molecule has 0 aromatic heterocycles. The molecule has 254 valence electrons. The van der Waals surface area contributed by atoms with Crippen molar-refractivity contribution in [3.63, 3.8) is 0 Å². The van der Waals surface area contributed by atoms with Gasteiger partial charge in [0.1, 0.15) is 5.71 Å². The highest BCUT2D eigenvalue weighted by atomic mass is 35.5. The van der Waals surface area contributed by atoms with Gasteiger partial charge in [-0.15, -0.1) is 0 Å². The number of oxime groups is 1. The second kappa shape index (κ2) is 17.6. The molecule has 1 aliphatic heterocycles. The van der Waals surface area contributed by atoms with Crippen LogP contribution in [0, 0.1) is 11.8 Å². The Morgan fingerprint density at radius 3 is 2.65 bits per heavy atom. The van der Waals surface area contributed by atoms with E-state index in [0.29, 0.717) is 35.3 Å². The number of carbonyl (C=O) groups excluding carboxylic acids is 2. The number of hydrogen-bond donors (Lipinski definition) is 0. The third-order valence-electron chi connectivity index (χ3n) is 9.41. The van der Waals surface area contributed by atoms with Crippen LogP contribution < -0.4 is 0 Å². The summed E-state index contributed by atoms with van der Waals surface area (Å²) in [7, 11) is -0.774. The Morgan fingerprint density at radius 2 is 1.92 bits per heavy atom. The molecule has 5 rings (SSSR count). The van der Waals surface area contributed by atoms with Gasteiger partial charge in [0.15, 0.2) is 5.78 Å². The molecule has 0 spiro atoms. The van der Waals surface area contributed by atoms with E-state index in [1.165, 1.54) is 0 Å². The quantitative estimate of drug-likeness (QED) is 0.115. The van der Waals surface area contributed by atoms with Gasteiger partial charge in [-0.25, -0.2) is 0 Å². The molecule has 0 aromatic carbocycles. The highest BCUT2D eigenvalue weighted by Gasteiger charge is 2.32. The first-order valence-electron chi connectivity index (χ1n) is 17.0. The Balaban J connectivity index is 1.40. The van der Waals surface area contributed by atoms with Crippen molar-refractivity contribution in [3.8, 4) is 0 Å². The van der Waals surface area contributed by atoms with Gasteiger partial charge >= 0.3 is 0 Å². The van der Waals surface area contributed by atoms with Gasteiger partial charge in [0.25, 0.3) is 0 Å². The Labute approximate surface area is 298 Å². The van der Waals surface area contributed by atoms with Gasteiger partial charge in [0.05, 0.1) is 0 Å². The van der Waals surface area contributed by atoms with Gasteiger partial charge in [-0.3, -0.25) is 14.5 Å². The topological polar surface area (TPSA) is 59.0 Å². The maximum Gasteiger partial charge on any atom is 0.210 e. The van der Waals surface area contributed by atoms with E-state index in [1.807, 2.05) is 42.5 Å². The zero-order valence-corrected chi connectivity index (χ0v) is 30.7. The van der Waals surface area contributed by atoms with E-state index in [1.54, 1.807) is 11.8 Å². The SMILES string of the molecule is C=S(O/N=C(\CCSC1C=CC(Cl)=CC1)C(=O)/C1=C/C(C)C2C=C(C(=O)C3=C(C)CCC=C3)C=CC2N(CC)CC=C1)C1=CC=CCC1. The Morgan fingerprint density at radius 1 is 1.08 bits per heavy atom. The molecule has 5 nitrogen and oxygen atoms in total. The Kier molecular flexibility index (Phi) is 13.3. The fourth-order valence-corrected chi connectivity index (χ4v) is 8.58. The number of thioether (sulfide) groups is 1. The van der Waals surface area contributed by atoms with E-state index in [0.717, 1.165) is 65.3 Å². The minimum absolute atomic E-state index is 0.0161. The van der Waals surface area contributed by atoms with Gasteiger partial charge in [-0.05, 0) is 69.2 Å². The lowest BCUT2D eigenvalue weighted by Gasteiger charge is -2.37. The molecule has 8 heteroatoms. The van der Waals surface area contributed by atoms with Crippen molar-refractivity contribution in [2.75, 3.05) is 18.8 Å².